The van der Waals surface area contributed by atoms with Gasteiger partial charge in [0.05, 0.1) is 7.11 Å². The van der Waals surface area contributed by atoms with E-state index in [0.717, 1.165) is 29.0 Å². The Morgan fingerprint density at radius 3 is 2.05 bits per heavy atom. The lowest BCUT2D eigenvalue weighted by atomic mass is 10.0. The van der Waals surface area contributed by atoms with Crippen molar-refractivity contribution in [2.24, 2.45) is 5.92 Å². The summed E-state index contributed by atoms with van der Waals surface area (Å²) in [6, 6.07) is 15.8. The molecular formula is C18H21NO2. The van der Waals surface area contributed by atoms with Crippen LogP contribution in [0.3, 0.4) is 0 Å². The molecule has 3 heteroatoms. The second-order valence-electron chi connectivity index (χ2n) is 5.10. The number of nitrogens with one attached hydrogen (secondary N) is 1. The van der Waals surface area contributed by atoms with E-state index in [9.17, 15) is 4.79 Å². The second kappa shape index (κ2) is 6.93. The fourth-order valence-corrected chi connectivity index (χ4v) is 1.98. The molecule has 0 radical (unpaired) electrons. The molecule has 2 rings (SSSR count). The highest BCUT2D eigenvalue weighted by Crippen LogP contribution is 2.24. The van der Waals surface area contributed by atoms with Crippen LogP contribution in [0, 0.1) is 5.92 Å². The Morgan fingerprint density at radius 1 is 1.05 bits per heavy atom. The van der Waals surface area contributed by atoms with Crippen LogP contribution >= 0.6 is 0 Å². The van der Waals surface area contributed by atoms with Crippen molar-refractivity contribution in [2.75, 3.05) is 12.4 Å². The van der Waals surface area contributed by atoms with E-state index in [1.807, 2.05) is 62.4 Å². The van der Waals surface area contributed by atoms with E-state index >= 15 is 0 Å². The Hall–Kier alpha value is -2.29. The molecule has 1 N–H and O–H groups in total. The van der Waals surface area contributed by atoms with Crippen LogP contribution in [0.15, 0.2) is 48.5 Å². The van der Waals surface area contributed by atoms with Crippen LogP contribution in [-0.4, -0.2) is 13.0 Å². The third-order valence-electron chi connectivity index (χ3n) is 3.64. The van der Waals surface area contributed by atoms with Gasteiger partial charge in [-0.05, 0) is 41.8 Å². The fourth-order valence-electron chi connectivity index (χ4n) is 1.98. The summed E-state index contributed by atoms with van der Waals surface area (Å²) in [7, 11) is 1.66. The number of rotatable bonds is 5. The third kappa shape index (κ3) is 3.85. The first-order valence-electron chi connectivity index (χ1n) is 7.19. The largest absolute Gasteiger partial charge is 0.497 e. The van der Waals surface area contributed by atoms with E-state index < -0.39 is 0 Å². The van der Waals surface area contributed by atoms with E-state index in [-0.39, 0.29) is 11.8 Å². The van der Waals surface area contributed by atoms with Gasteiger partial charge in [-0.1, -0.05) is 38.1 Å². The molecule has 0 heterocycles. The van der Waals surface area contributed by atoms with E-state index in [0.29, 0.717) is 0 Å². The summed E-state index contributed by atoms with van der Waals surface area (Å²) < 4.78 is 5.15. The molecule has 1 unspecified atom stereocenters. The Labute approximate surface area is 126 Å². The lowest BCUT2D eigenvalue weighted by Crippen LogP contribution is -2.19. The topological polar surface area (TPSA) is 38.3 Å². The molecule has 0 aliphatic heterocycles. The minimum Gasteiger partial charge on any atom is -0.497 e. The standard InChI is InChI=1S/C18H21NO2/c1-4-13(2)18(20)19-16-9-5-14(6-10-16)15-7-11-17(21-3)12-8-15/h5-13H,4H2,1-3H3,(H,19,20). The molecule has 0 aliphatic carbocycles. The molecule has 0 saturated heterocycles. The van der Waals surface area contributed by atoms with Crippen molar-refractivity contribution in [1.29, 1.82) is 0 Å². The average molecular weight is 283 g/mol. The normalized spacial score (nSPS) is 11.8. The maximum atomic E-state index is 11.8. The SMILES string of the molecule is CCC(C)C(=O)Nc1ccc(-c2ccc(OC)cc2)cc1. The van der Waals surface area contributed by atoms with E-state index in [1.54, 1.807) is 7.11 Å². The molecule has 21 heavy (non-hydrogen) atoms. The Kier molecular flexibility index (Phi) is 4.99. The van der Waals surface area contributed by atoms with E-state index in [1.165, 1.54) is 0 Å². The maximum Gasteiger partial charge on any atom is 0.227 e. The first kappa shape index (κ1) is 15.1. The molecule has 0 bridgehead atoms. The number of methoxy groups -OCH3 is 1. The maximum absolute atomic E-state index is 11.8. The number of carbonyl (C=O) groups is 1. The average Bonchev–Trinajstić information content (AvgIpc) is 2.55. The Bertz CT molecular complexity index is 588. The lowest BCUT2D eigenvalue weighted by molar-refractivity contribution is -0.119. The van der Waals surface area contributed by atoms with Crippen LogP contribution in [0.25, 0.3) is 11.1 Å². The van der Waals surface area contributed by atoms with Crippen LogP contribution in [0.5, 0.6) is 5.75 Å². The zero-order chi connectivity index (χ0) is 15.2. The van der Waals surface area contributed by atoms with Crippen LogP contribution in [0.1, 0.15) is 20.3 Å². The van der Waals surface area contributed by atoms with Crippen LogP contribution < -0.4 is 10.1 Å². The zero-order valence-electron chi connectivity index (χ0n) is 12.7. The number of ether oxygens (including phenoxy) is 1. The predicted molar refractivity (Wildman–Crippen MR) is 86.5 cm³/mol. The molecule has 2 aromatic rings. The van der Waals surface area contributed by atoms with Gasteiger partial charge in [0.15, 0.2) is 0 Å². The van der Waals surface area contributed by atoms with Gasteiger partial charge in [-0.25, -0.2) is 0 Å². The molecule has 2 aromatic carbocycles. The quantitative estimate of drug-likeness (QED) is 0.886. The highest BCUT2D eigenvalue weighted by molar-refractivity contribution is 5.92. The molecule has 1 amide bonds. The first-order valence-corrected chi connectivity index (χ1v) is 7.19. The van der Waals surface area contributed by atoms with Crippen molar-refractivity contribution in [2.45, 2.75) is 20.3 Å². The van der Waals surface area contributed by atoms with Crippen LogP contribution in [-0.2, 0) is 4.79 Å². The summed E-state index contributed by atoms with van der Waals surface area (Å²) in [6.07, 6.45) is 0.843. The first-order chi connectivity index (χ1) is 10.1. The second-order valence-corrected chi connectivity index (χ2v) is 5.10. The molecular weight excluding hydrogens is 262 g/mol. The molecule has 3 nitrogen and oxygen atoms in total. The van der Waals surface area contributed by atoms with Crippen LogP contribution in [0.4, 0.5) is 5.69 Å². The summed E-state index contributed by atoms with van der Waals surface area (Å²) in [5.74, 6) is 0.942. The molecule has 1 atom stereocenters. The van der Waals surface area contributed by atoms with Crippen molar-refractivity contribution >= 4 is 11.6 Å². The summed E-state index contributed by atoms with van der Waals surface area (Å²) >= 11 is 0. The predicted octanol–water partition coefficient (Wildman–Crippen LogP) is 4.35. The monoisotopic (exact) mass is 283 g/mol. The molecule has 110 valence electrons. The van der Waals surface area contributed by atoms with Crippen molar-refractivity contribution in [3.8, 4) is 16.9 Å². The number of carbonyl (C=O) groups excluding carboxylic acids is 1. The number of anilines is 1. The van der Waals surface area contributed by atoms with Gasteiger partial charge in [0.2, 0.25) is 5.91 Å². The minimum absolute atomic E-state index is 0.0336. The Balaban J connectivity index is 2.09. The minimum atomic E-state index is 0.0336. The van der Waals surface area contributed by atoms with Gasteiger partial charge >= 0.3 is 0 Å². The summed E-state index contributed by atoms with van der Waals surface area (Å²) in [5, 5.41) is 2.93. The number of benzene rings is 2. The van der Waals surface area contributed by atoms with Crippen molar-refractivity contribution in [3.63, 3.8) is 0 Å². The summed E-state index contributed by atoms with van der Waals surface area (Å²) in [4.78, 5) is 11.8. The van der Waals surface area contributed by atoms with Crippen molar-refractivity contribution < 1.29 is 9.53 Å². The molecule has 0 aliphatic rings. The van der Waals surface area contributed by atoms with Gasteiger partial charge in [-0.3, -0.25) is 4.79 Å². The van der Waals surface area contributed by atoms with E-state index in [2.05, 4.69) is 5.32 Å². The highest BCUT2D eigenvalue weighted by Gasteiger charge is 2.10. The molecule has 0 aromatic heterocycles. The number of hydrogen-bond acceptors (Lipinski definition) is 2. The number of amides is 1. The van der Waals surface area contributed by atoms with Crippen LogP contribution in [0.2, 0.25) is 0 Å². The fraction of sp³-hybridized carbons (Fsp3) is 0.278. The van der Waals surface area contributed by atoms with Gasteiger partial charge in [0.1, 0.15) is 5.75 Å². The lowest BCUT2D eigenvalue weighted by Gasteiger charge is -2.10. The van der Waals surface area contributed by atoms with Gasteiger partial charge in [0, 0.05) is 11.6 Å². The highest BCUT2D eigenvalue weighted by atomic mass is 16.5. The van der Waals surface area contributed by atoms with Gasteiger partial charge in [0.25, 0.3) is 0 Å². The van der Waals surface area contributed by atoms with Crippen molar-refractivity contribution in [1.82, 2.24) is 0 Å². The summed E-state index contributed by atoms with van der Waals surface area (Å²) in [5.41, 5.74) is 3.06. The summed E-state index contributed by atoms with van der Waals surface area (Å²) in [6.45, 7) is 3.94. The number of hydrogen-bond donors (Lipinski definition) is 1. The molecule has 0 spiro atoms. The smallest absolute Gasteiger partial charge is 0.227 e. The third-order valence-corrected chi connectivity index (χ3v) is 3.64. The van der Waals surface area contributed by atoms with E-state index in [4.69, 9.17) is 4.74 Å². The van der Waals surface area contributed by atoms with Gasteiger partial charge in [-0.2, -0.15) is 0 Å². The van der Waals surface area contributed by atoms with Crippen molar-refractivity contribution in [3.05, 3.63) is 48.5 Å². The van der Waals surface area contributed by atoms with Gasteiger partial charge < -0.3 is 10.1 Å². The molecule has 0 fully saturated rings. The zero-order valence-corrected chi connectivity index (χ0v) is 12.7. The molecule has 0 saturated carbocycles. The van der Waals surface area contributed by atoms with Gasteiger partial charge in [-0.15, -0.1) is 0 Å². The Morgan fingerprint density at radius 2 is 1.57 bits per heavy atom.